The van der Waals surface area contributed by atoms with Crippen LogP contribution in [0.15, 0.2) is 76.7 Å². The van der Waals surface area contributed by atoms with E-state index in [9.17, 15) is 19.2 Å². The van der Waals surface area contributed by atoms with Crippen LogP contribution in [0.5, 0.6) is 0 Å². The highest BCUT2D eigenvalue weighted by Crippen LogP contribution is 2.50. The molecule has 2 heterocycles. The highest BCUT2D eigenvalue weighted by molar-refractivity contribution is 8.29. The molecule has 0 atom stereocenters. The van der Waals surface area contributed by atoms with Crippen molar-refractivity contribution in [2.45, 2.75) is 0 Å². The van der Waals surface area contributed by atoms with E-state index in [4.69, 9.17) is 18.9 Å². The summed E-state index contributed by atoms with van der Waals surface area (Å²) in [6.07, 6.45) is 14.2. The van der Waals surface area contributed by atoms with Crippen LogP contribution in [0.3, 0.4) is 0 Å². The monoisotopic (exact) mass is 540 g/mol. The minimum Gasteiger partial charge on any atom is -0.465 e. The maximum absolute atomic E-state index is 11.9. The van der Waals surface area contributed by atoms with Crippen LogP contribution in [-0.4, -0.2) is 52.3 Å². The molecule has 0 aliphatic carbocycles. The second-order valence-corrected chi connectivity index (χ2v) is 10.5. The zero-order chi connectivity index (χ0) is 25.1. The van der Waals surface area contributed by atoms with E-state index < -0.39 is 23.9 Å². The fraction of sp³-hybridized carbons (Fsp3) is 0.182. The Labute approximate surface area is 213 Å². The molecule has 12 heteroatoms. The van der Waals surface area contributed by atoms with Gasteiger partial charge in [0.2, 0.25) is 0 Å². The van der Waals surface area contributed by atoms with Gasteiger partial charge in [0.05, 0.1) is 36.9 Å². The van der Waals surface area contributed by atoms with Crippen LogP contribution >= 0.6 is 47.0 Å². The molecule has 0 saturated carbocycles. The molecule has 0 bridgehead atoms. The van der Waals surface area contributed by atoms with Crippen molar-refractivity contribution in [1.29, 1.82) is 0 Å². The SMILES string of the molecule is COC(=O)C1=C(C(=O)OC)SC(=C/C=C/C=C/C=C/C=C2SC(C(=O)OC)=C(C(=O)OC)S2)S1. The summed E-state index contributed by atoms with van der Waals surface area (Å²) >= 11 is 4.58. The lowest BCUT2D eigenvalue weighted by molar-refractivity contribution is -0.138. The number of carbonyl (C=O) groups is 4. The van der Waals surface area contributed by atoms with Crippen LogP contribution in [0.25, 0.3) is 0 Å². The van der Waals surface area contributed by atoms with Gasteiger partial charge in [0.15, 0.2) is 0 Å². The van der Waals surface area contributed by atoms with Crippen LogP contribution in [0, 0.1) is 0 Å². The molecule has 180 valence electrons. The van der Waals surface area contributed by atoms with Gasteiger partial charge in [0, 0.05) is 0 Å². The molecular weight excluding hydrogens is 521 g/mol. The van der Waals surface area contributed by atoms with Gasteiger partial charge < -0.3 is 18.9 Å². The third-order valence-corrected chi connectivity index (χ3v) is 8.63. The lowest BCUT2D eigenvalue weighted by Gasteiger charge is -2.00. The van der Waals surface area contributed by atoms with E-state index in [1.165, 1.54) is 28.4 Å². The largest absolute Gasteiger partial charge is 0.465 e. The summed E-state index contributed by atoms with van der Waals surface area (Å²) in [5.41, 5.74) is 0. The van der Waals surface area contributed by atoms with Crippen LogP contribution in [0.4, 0.5) is 0 Å². The number of hydrogen-bond acceptors (Lipinski definition) is 12. The van der Waals surface area contributed by atoms with E-state index >= 15 is 0 Å². The first-order valence-corrected chi connectivity index (χ1v) is 12.6. The minimum atomic E-state index is -0.587. The van der Waals surface area contributed by atoms with E-state index in [1.807, 2.05) is 0 Å². The van der Waals surface area contributed by atoms with Gasteiger partial charge in [-0.05, 0) is 12.2 Å². The Balaban J connectivity index is 1.93. The fourth-order valence-electron chi connectivity index (χ4n) is 2.20. The Morgan fingerprint density at radius 1 is 0.471 bits per heavy atom. The minimum absolute atomic E-state index is 0.202. The molecule has 0 spiro atoms. The molecule has 0 saturated heterocycles. The molecule has 8 nitrogen and oxygen atoms in total. The van der Waals surface area contributed by atoms with E-state index in [-0.39, 0.29) is 19.6 Å². The molecule has 0 aromatic heterocycles. The van der Waals surface area contributed by atoms with Gasteiger partial charge in [0.25, 0.3) is 0 Å². The van der Waals surface area contributed by atoms with Gasteiger partial charge >= 0.3 is 23.9 Å². The third-order valence-electron chi connectivity index (χ3n) is 3.73. The van der Waals surface area contributed by atoms with Crippen LogP contribution in [0.2, 0.25) is 0 Å². The number of thioether (sulfide) groups is 4. The van der Waals surface area contributed by atoms with Crippen molar-refractivity contribution in [1.82, 2.24) is 0 Å². The third kappa shape index (κ3) is 7.49. The molecular formula is C22H20O8S4. The Hall–Kier alpha value is -2.54. The normalized spacial score (nSPS) is 16.1. The molecule has 34 heavy (non-hydrogen) atoms. The smallest absolute Gasteiger partial charge is 0.346 e. The zero-order valence-corrected chi connectivity index (χ0v) is 21.8. The maximum atomic E-state index is 11.9. The van der Waals surface area contributed by atoms with E-state index in [0.717, 1.165) is 55.5 Å². The van der Waals surface area contributed by atoms with Crippen LogP contribution < -0.4 is 0 Å². The lowest BCUT2D eigenvalue weighted by atomic mass is 10.4. The van der Waals surface area contributed by atoms with Crippen LogP contribution in [0.1, 0.15) is 0 Å². The van der Waals surface area contributed by atoms with E-state index in [2.05, 4.69) is 0 Å². The molecule has 0 amide bonds. The number of ether oxygens (including phenoxy) is 4. The topological polar surface area (TPSA) is 105 Å². The maximum Gasteiger partial charge on any atom is 0.346 e. The van der Waals surface area contributed by atoms with Crippen molar-refractivity contribution >= 4 is 70.9 Å². The summed E-state index contributed by atoms with van der Waals surface area (Å²) in [5, 5.41) is 0. The zero-order valence-electron chi connectivity index (χ0n) is 18.5. The lowest BCUT2D eigenvalue weighted by Crippen LogP contribution is -2.08. The summed E-state index contributed by atoms with van der Waals surface area (Å²) in [7, 11) is 5.01. The van der Waals surface area contributed by atoms with Crippen molar-refractivity contribution in [2.75, 3.05) is 28.4 Å². The van der Waals surface area contributed by atoms with Crippen molar-refractivity contribution in [3.05, 3.63) is 76.7 Å². The molecule has 0 fully saturated rings. The number of methoxy groups -OCH3 is 4. The van der Waals surface area contributed by atoms with Gasteiger partial charge in [0.1, 0.15) is 19.6 Å². The van der Waals surface area contributed by atoms with E-state index in [0.29, 0.717) is 0 Å². The highest BCUT2D eigenvalue weighted by Gasteiger charge is 2.32. The number of rotatable bonds is 8. The summed E-state index contributed by atoms with van der Waals surface area (Å²) in [4.78, 5) is 48.2. The van der Waals surface area contributed by atoms with Gasteiger partial charge in [-0.25, -0.2) is 19.2 Å². The van der Waals surface area contributed by atoms with E-state index in [1.54, 1.807) is 48.6 Å². The van der Waals surface area contributed by atoms with Gasteiger partial charge in [-0.15, -0.1) is 0 Å². The number of esters is 4. The number of carbonyl (C=O) groups excluding carboxylic acids is 4. The number of hydrogen-bond donors (Lipinski definition) is 0. The average Bonchev–Trinajstić information content (AvgIpc) is 3.48. The van der Waals surface area contributed by atoms with Gasteiger partial charge in [-0.3, -0.25) is 0 Å². The second kappa shape index (κ2) is 14.0. The summed E-state index contributed by atoms with van der Waals surface area (Å²) < 4.78 is 20.3. The molecule has 0 unspecified atom stereocenters. The van der Waals surface area contributed by atoms with Crippen LogP contribution in [-0.2, 0) is 38.1 Å². The first-order chi connectivity index (χ1) is 16.4. The standard InChI is InChI=1S/C22H20O8S4/c1-27-19(23)15-16(20(24)28-2)32-13(31-15)11-9-7-5-6-8-10-12-14-33-17(21(25)29-3)18(34-14)22(26)30-4/h5-12H,1-4H3/b6-5+,9-7+,10-8+. The van der Waals surface area contributed by atoms with Crippen molar-refractivity contribution in [3.8, 4) is 0 Å². The second-order valence-electron chi connectivity index (χ2n) is 5.82. The Morgan fingerprint density at radius 3 is 0.941 bits per heavy atom. The first-order valence-electron chi connectivity index (χ1n) is 9.31. The van der Waals surface area contributed by atoms with Crippen molar-refractivity contribution < 1.29 is 38.1 Å². The van der Waals surface area contributed by atoms with Gasteiger partial charge in [-0.1, -0.05) is 83.5 Å². The molecule has 2 rings (SSSR count). The predicted molar refractivity (Wildman–Crippen MR) is 136 cm³/mol. The molecule has 0 N–H and O–H groups in total. The summed E-state index contributed by atoms with van der Waals surface area (Å²) in [5.74, 6) is -2.35. The molecule has 2 aliphatic heterocycles. The fourth-order valence-corrected chi connectivity index (χ4v) is 6.79. The Kier molecular flexibility index (Phi) is 11.4. The molecule has 2 aliphatic rings. The molecule has 0 aromatic rings. The Bertz CT molecular complexity index is 932. The Morgan fingerprint density at radius 2 is 0.706 bits per heavy atom. The summed E-state index contributed by atoms with van der Waals surface area (Å²) in [6, 6.07) is 0. The highest BCUT2D eigenvalue weighted by atomic mass is 32.2. The van der Waals surface area contributed by atoms with Crippen molar-refractivity contribution in [3.63, 3.8) is 0 Å². The first kappa shape index (κ1) is 27.7. The predicted octanol–water partition coefficient (Wildman–Crippen LogP) is 4.41. The number of allylic oxidation sites excluding steroid dienone is 8. The quantitative estimate of drug-likeness (QED) is 0.247. The molecule has 0 aromatic carbocycles. The van der Waals surface area contributed by atoms with Gasteiger partial charge in [-0.2, -0.15) is 0 Å². The average molecular weight is 541 g/mol. The summed E-state index contributed by atoms with van der Waals surface area (Å²) in [6.45, 7) is 0. The molecule has 0 radical (unpaired) electrons. The van der Waals surface area contributed by atoms with Crippen molar-refractivity contribution in [2.24, 2.45) is 0 Å².